The van der Waals surface area contributed by atoms with Crippen molar-refractivity contribution in [3.63, 3.8) is 0 Å². The molecule has 0 saturated carbocycles. The van der Waals surface area contributed by atoms with Gasteiger partial charge in [-0.05, 0) is 37.0 Å². The summed E-state index contributed by atoms with van der Waals surface area (Å²) in [5, 5.41) is 12.6. The quantitative estimate of drug-likeness (QED) is 0.586. The van der Waals surface area contributed by atoms with Crippen LogP contribution in [-0.2, 0) is 16.1 Å². The molecule has 0 bridgehead atoms. The van der Waals surface area contributed by atoms with Crippen molar-refractivity contribution in [3.8, 4) is 0 Å². The second kappa shape index (κ2) is 9.55. The van der Waals surface area contributed by atoms with Crippen LogP contribution in [-0.4, -0.2) is 37.9 Å². The third kappa shape index (κ3) is 5.58. The summed E-state index contributed by atoms with van der Waals surface area (Å²) < 4.78 is 4.74. The Kier molecular flexibility index (Phi) is 7.15. The summed E-state index contributed by atoms with van der Waals surface area (Å²) in [7, 11) is 0. The van der Waals surface area contributed by atoms with Crippen LogP contribution in [0.25, 0.3) is 0 Å². The maximum Gasteiger partial charge on any atom is 0.274 e. The number of pyridine rings is 1. The van der Waals surface area contributed by atoms with Gasteiger partial charge >= 0.3 is 0 Å². The predicted molar refractivity (Wildman–Crippen MR) is 104 cm³/mol. The number of anilines is 1. The Labute approximate surface area is 164 Å². The molecule has 0 fully saturated rings. The molecule has 2 rings (SSSR count). The van der Waals surface area contributed by atoms with E-state index in [2.05, 4.69) is 32.1 Å². The molecule has 3 N–H and O–H groups in total. The van der Waals surface area contributed by atoms with Crippen LogP contribution in [0.15, 0.2) is 40.8 Å². The van der Waals surface area contributed by atoms with Gasteiger partial charge in [-0.1, -0.05) is 18.0 Å². The fourth-order valence-corrected chi connectivity index (χ4v) is 2.51. The molecule has 1 unspecified atom stereocenters. The van der Waals surface area contributed by atoms with E-state index in [9.17, 15) is 19.2 Å². The Hall–Kier alpha value is -3.34. The largest absolute Gasteiger partial charge is 0.339 e. The monoisotopic (exact) mass is 404 g/mol. The van der Waals surface area contributed by atoms with Gasteiger partial charge in [-0.15, -0.1) is 5.10 Å². The Morgan fingerprint density at radius 1 is 1.36 bits per heavy atom. The van der Waals surface area contributed by atoms with Crippen LogP contribution < -0.4 is 21.5 Å². The second-order valence-electron chi connectivity index (χ2n) is 5.83. The van der Waals surface area contributed by atoms with Gasteiger partial charge in [-0.3, -0.25) is 19.2 Å². The van der Waals surface area contributed by atoms with Crippen molar-refractivity contribution >= 4 is 34.9 Å². The first kappa shape index (κ1) is 21.0. The van der Waals surface area contributed by atoms with Crippen LogP contribution in [0.4, 0.5) is 5.69 Å². The number of hydrogen-bond donors (Lipinski definition) is 3. The number of rotatable bonds is 8. The van der Waals surface area contributed by atoms with E-state index in [4.69, 9.17) is 0 Å². The molecule has 0 spiro atoms. The van der Waals surface area contributed by atoms with Crippen LogP contribution in [0.3, 0.4) is 0 Å². The first-order valence-corrected chi connectivity index (χ1v) is 9.21. The molecule has 2 aromatic rings. The van der Waals surface area contributed by atoms with Crippen molar-refractivity contribution in [1.29, 1.82) is 0 Å². The SMILES string of the molecule is C=C(CC)NC(=O)Cn1cccc(NC(=O)C(C)NC(=O)c2csnn2)c1=O. The van der Waals surface area contributed by atoms with E-state index in [1.54, 1.807) is 0 Å². The van der Waals surface area contributed by atoms with Crippen molar-refractivity contribution in [1.82, 2.24) is 24.8 Å². The first-order valence-electron chi connectivity index (χ1n) is 8.37. The van der Waals surface area contributed by atoms with Gasteiger partial charge in [0.15, 0.2) is 5.69 Å². The van der Waals surface area contributed by atoms with Crippen LogP contribution in [0.5, 0.6) is 0 Å². The third-order valence-corrected chi connectivity index (χ3v) is 4.17. The molecule has 28 heavy (non-hydrogen) atoms. The molecule has 2 aromatic heterocycles. The van der Waals surface area contributed by atoms with Crippen molar-refractivity contribution in [2.45, 2.75) is 32.9 Å². The zero-order valence-electron chi connectivity index (χ0n) is 15.4. The molecule has 2 heterocycles. The number of hydrogen-bond acceptors (Lipinski definition) is 7. The molecule has 3 amide bonds. The van der Waals surface area contributed by atoms with E-state index in [1.807, 2.05) is 6.92 Å². The summed E-state index contributed by atoms with van der Waals surface area (Å²) in [5.74, 6) is -1.53. The van der Waals surface area contributed by atoms with Gasteiger partial charge in [0.1, 0.15) is 18.3 Å². The summed E-state index contributed by atoms with van der Waals surface area (Å²) in [6, 6.07) is 2.03. The summed E-state index contributed by atoms with van der Waals surface area (Å²) in [6.45, 7) is 6.77. The smallest absolute Gasteiger partial charge is 0.274 e. The summed E-state index contributed by atoms with van der Waals surface area (Å²) >= 11 is 1.01. The van der Waals surface area contributed by atoms with Crippen LogP contribution >= 0.6 is 11.5 Å². The number of nitrogens with one attached hydrogen (secondary N) is 3. The van der Waals surface area contributed by atoms with Gasteiger partial charge in [-0.2, -0.15) is 0 Å². The minimum absolute atomic E-state index is 0.00829. The highest BCUT2D eigenvalue weighted by Crippen LogP contribution is 2.02. The minimum Gasteiger partial charge on any atom is -0.339 e. The maximum atomic E-state index is 12.5. The lowest BCUT2D eigenvalue weighted by Crippen LogP contribution is -2.42. The predicted octanol–water partition coefficient (Wildman–Crippen LogP) is 0.497. The van der Waals surface area contributed by atoms with Gasteiger partial charge in [0.2, 0.25) is 11.8 Å². The van der Waals surface area contributed by atoms with E-state index in [-0.39, 0.29) is 17.9 Å². The highest BCUT2D eigenvalue weighted by molar-refractivity contribution is 7.03. The van der Waals surface area contributed by atoms with Crippen LogP contribution in [0, 0.1) is 0 Å². The van der Waals surface area contributed by atoms with E-state index >= 15 is 0 Å². The average Bonchev–Trinajstić information content (AvgIpc) is 3.19. The van der Waals surface area contributed by atoms with Crippen molar-refractivity contribution < 1.29 is 14.4 Å². The number of carbonyl (C=O) groups is 3. The minimum atomic E-state index is -0.918. The molecule has 11 heteroatoms. The lowest BCUT2D eigenvalue weighted by atomic mass is 10.2. The summed E-state index contributed by atoms with van der Waals surface area (Å²) in [6.07, 6.45) is 2.02. The molecule has 0 radical (unpaired) electrons. The van der Waals surface area contributed by atoms with Crippen LogP contribution in [0.2, 0.25) is 0 Å². The Morgan fingerprint density at radius 2 is 2.11 bits per heavy atom. The van der Waals surface area contributed by atoms with Gasteiger partial charge in [0.05, 0.1) is 0 Å². The molecule has 0 saturated heterocycles. The van der Waals surface area contributed by atoms with Crippen LogP contribution in [0.1, 0.15) is 30.8 Å². The highest BCUT2D eigenvalue weighted by Gasteiger charge is 2.19. The molecule has 148 valence electrons. The number of carbonyl (C=O) groups excluding carboxylic acids is 3. The standard InChI is InChI=1S/C17H20N6O4S/c1-4-10(2)18-14(24)8-23-7-5-6-12(17(23)27)20-15(25)11(3)19-16(26)13-9-28-22-21-13/h5-7,9,11H,2,4,8H2,1,3H3,(H,18,24)(H,19,26)(H,20,25). The average molecular weight is 404 g/mol. The molecule has 1 atom stereocenters. The summed E-state index contributed by atoms with van der Waals surface area (Å²) in [5.41, 5.74) is 0.0927. The molecule has 0 aliphatic heterocycles. The zero-order chi connectivity index (χ0) is 20.7. The number of aromatic nitrogens is 3. The molecule has 10 nitrogen and oxygen atoms in total. The van der Waals surface area contributed by atoms with Crippen molar-refractivity contribution in [2.24, 2.45) is 0 Å². The Balaban J connectivity index is 2.02. The fraction of sp³-hybridized carbons (Fsp3) is 0.294. The maximum absolute atomic E-state index is 12.5. The van der Waals surface area contributed by atoms with E-state index in [1.165, 1.54) is 30.6 Å². The van der Waals surface area contributed by atoms with E-state index in [0.717, 1.165) is 16.1 Å². The Morgan fingerprint density at radius 3 is 2.75 bits per heavy atom. The third-order valence-electron chi connectivity index (χ3n) is 3.67. The number of nitrogens with zero attached hydrogens (tertiary/aromatic N) is 3. The van der Waals surface area contributed by atoms with Crippen molar-refractivity contribution in [3.05, 3.63) is 52.0 Å². The first-order chi connectivity index (χ1) is 13.3. The van der Waals surface area contributed by atoms with Gasteiger partial charge in [0.25, 0.3) is 11.5 Å². The number of amides is 3. The number of allylic oxidation sites excluding steroid dienone is 1. The van der Waals surface area contributed by atoms with Gasteiger partial charge < -0.3 is 20.5 Å². The van der Waals surface area contributed by atoms with Crippen molar-refractivity contribution in [2.75, 3.05) is 5.32 Å². The molecule has 0 aromatic carbocycles. The van der Waals surface area contributed by atoms with Gasteiger partial charge in [-0.25, -0.2) is 0 Å². The second-order valence-corrected chi connectivity index (χ2v) is 6.44. The zero-order valence-corrected chi connectivity index (χ0v) is 16.2. The topological polar surface area (TPSA) is 135 Å². The lowest BCUT2D eigenvalue weighted by molar-refractivity contribution is -0.121. The van der Waals surface area contributed by atoms with E-state index in [0.29, 0.717) is 12.1 Å². The fourth-order valence-electron chi connectivity index (χ4n) is 2.08. The molecule has 0 aliphatic rings. The van der Waals surface area contributed by atoms with E-state index < -0.39 is 29.3 Å². The summed E-state index contributed by atoms with van der Waals surface area (Å²) in [4.78, 5) is 48.6. The van der Waals surface area contributed by atoms with Gasteiger partial charge in [0, 0.05) is 17.3 Å². The molecular formula is C17H20N6O4S. The molecular weight excluding hydrogens is 384 g/mol. The highest BCUT2D eigenvalue weighted by atomic mass is 32.1. The molecule has 0 aliphatic carbocycles. The Bertz CT molecular complexity index is 937. The lowest BCUT2D eigenvalue weighted by Gasteiger charge is -2.14. The normalized spacial score (nSPS) is 11.4.